The molecule has 1 rings (SSSR count). The van der Waals surface area contributed by atoms with E-state index in [2.05, 4.69) is 6.92 Å². The molecule has 2 N–H and O–H groups in total. The van der Waals surface area contributed by atoms with Gasteiger partial charge >= 0.3 is 0 Å². The van der Waals surface area contributed by atoms with Gasteiger partial charge in [-0.2, -0.15) is 0 Å². The molecule has 0 unspecified atom stereocenters. The van der Waals surface area contributed by atoms with Gasteiger partial charge in [0.2, 0.25) is 0 Å². The minimum atomic E-state index is 0.113. The van der Waals surface area contributed by atoms with Gasteiger partial charge in [-0.3, -0.25) is 0 Å². The van der Waals surface area contributed by atoms with E-state index < -0.39 is 0 Å². The van der Waals surface area contributed by atoms with Crippen LogP contribution in [0.1, 0.15) is 24.9 Å². The Labute approximate surface area is 95.7 Å². The standard InChI is InChI=1S/C12H16ClNO/c1-2-12(14)10-4-6-11(7-5-10)15-9-3-8-13/h3-8,12H,2,9,14H2,1H3/t12-/m1/s1. The lowest BCUT2D eigenvalue weighted by Crippen LogP contribution is -2.08. The Balaban J connectivity index is 2.56. The number of hydrogen-bond acceptors (Lipinski definition) is 2. The van der Waals surface area contributed by atoms with Gasteiger partial charge < -0.3 is 10.5 Å². The first kappa shape index (κ1) is 12.1. The van der Waals surface area contributed by atoms with E-state index >= 15 is 0 Å². The zero-order valence-electron chi connectivity index (χ0n) is 8.82. The molecule has 1 atom stereocenters. The Morgan fingerprint density at radius 2 is 2.07 bits per heavy atom. The summed E-state index contributed by atoms with van der Waals surface area (Å²) in [4.78, 5) is 0. The fraction of sp³-hybridized carbons (Fsp3) is 0.333. The Morgan fingerprint density at radius 1 is 1.40 bits per heavy atom. The maximum Gasteiger partial charge on any atom is 0.119 e. The van der Waals surface area contributed by atoms with Crippen molar-refractivity contribution in [2.75, 3.05) is 6.61 Å². The summed E-state index contributed by atoms with van der Waals surface area (Å²) in [5.41, 5.74) is 8.48. The molecule has 3 heteroatoms. The average Bonchev–Trinajstić information content (AvgIpc) is 2.29. The molecule has 2 nitrogen and oxygen atoms in total. The van der Waals surface area contributed by atoms with E-state index in [1.54, 1.807) is 6.08 Å². The highest BCUT2D eigenvalue weighted by molar-refractivity contribution is 6.25. The molecule has 0 saturated heterocycles. The van der Waals surface area contributed by atoms with E-state index in [0.29, 0.717) is 6.61 Å². The zero-order chi connectivity index (χ0) is 11.1. The first-order valence-electron chi connectivity index (χ1n) is 5.01. The highest BCUT2D eigenvalue weighted by Gasteiger charge is 2.02. The van der Waals surface area contributed by atoms with Crippen molar-refractivity contribution in [3.8, 4) is 5.75 Å². The van der Waals surface area contributed by atoms with Gasteiger partial charge in [0, 0.05) is 11.6 Å². The van der Waals surface area contributed by atoms with Gasteiger partial charge in [-0.1, -0.05) is 30.7 Å². The zero-order valence-corrected chi connectivity index (χ0v) is 9.58. The van der Waals surface area contributed by atoms with Crippen LogP contribution in [0.15, 0.2) is 35.9 Å². The summed E-state index contributed by atoms with van der Waals surface area (Å²) in [6, 6.07) is 7.95. The lowest BCUT2D eigenvalue weighted by atomic mass is 10.1. The molecule has 0 spiro atoms. The minimum Gasteiger partial charge on any atom is -0.490 e. The molecule has 0 aliphatic heterocycles. The summed E-state index contributed by atoms with van der Waals surface area (Å²) in [5.74, 6) is 0.830. The third-order valence-corrected chi connectivity index (χ3v) is 2.36. The number of ether oxygens (including phenoxy) is 1. The summed E-state index contributed by atoms with van der Waals surface area (Å²) in [7, 11) is 0. The third kappa shape index (κ3) is 3.94. The van der Waals surface area contributed by atoms with Gasteiger partial charge in [-0.25, -0.2) is 0 Å². The van der Waals surface area contributed by atoms with Crippen molar-refractivity contribution in [2.24, 2.45) is 5.73 Å². The largest absolute Gasteiger partial charge is 0.490 e. The molecule has 1 aromatic carbocycles. The third-order valence-electron chi connectivity index (χ3n) is 2.18. The number of nitrogens with two attached hydrogens (primary N) is 1. The normalized spacial score (nSPS) is 13.0. The molecule has 0 radical (unpaired) electrons. The Bertz CT molecular complexity index is 308. The van der Waals surface area contributed by atoms with Crippen molar-refractivity contribution < 1.29 is 4.74 Å². The smallest absolute Gasteiger partial charge is 0.119 e. The second-order valence-electron chi connectivity index (χ2n) is 3.26. The fourth-order valence-corrected chi connectivity index (χ4v) is 1.30. The molecule has 0 aromatic heterocycles. The lowest BCUT2D eigenvalue weighted by molar-refractivity contribution is 0.363. The van der Waals surface area contributed by atoms with Crippen LogP contribution in [0.2, 0.25) is 0 Å². The molecule has 0 bridgehead atoms. The second-order valence-corrected chi connectivity index (χ2v) is 3.51. The number of benzene rings is 1. The number of hydrogen-bond donors (Lipinski definition) is 1. The quantitative estimate of drug-likeness (QED) is 0.835. The van der Waals surface area contributed by atoms with Crippen LogP contribution in [0.5, 0.6) is 5.75 Å². The van der Waals surface area contributed by atoms with Gasteiger partial charge in [0.05, 0.1) is 0 Å². The van der Waals surface area contributed by atoms with Crippen LogP contribution < -0.4 is 10.5 Å². The van der Waals surface area contributed by atoms with E-state index in [1.807, 2.05) is 24.3 Å². The molecule has 0 aliphatic carbocycles. The molecule has 0 heterocycles. The van der Waals surface area contributed by atoms with Crippen LogP contribution in [0.4, 0.5) is 0 Å². The highest BCUT2D eigenvalue weighted by Crippen LogP contribution is 2.18. The van der Waals surface area contributed by atoms with Gasteiger partial charge in [-0.15, -0.1) is 0 Å². The maximum absolute atomic E-state index is 5.90. The molecule has 0 saturated carbocycles. The SMILES string of the molecule is CC[C@@H](N)c1ccc(OCC=CCl)cc1. The minimum absolute atomic E-state index is 0.113. The van der Waals surface area contributed by atoms with Crippen LogP contribution in [0, 0.1) is 0 Å². The van der Waals surface area contributed by atoms with Crippen molar-refractivity contribution in [3.63, 3.8) is 0 Å². The summed E-state index contributed by atoms with van der Waals surface area (Å²) < 4.78 is 5.40. The van der Waals surface area contributed by atoms with E-state index in [1.165, 1.54) is 5.54 Å². The molecular weight excluding hydrogens is 210 g/mol. The number of halogens is 1. The van der Waals surface area contributed by atoms with Crippen LogP contribution >= 0.6 is 11.6 Å². The molecular formula is C12H16ClNO. The molecule has 0 fully saturated rings. The topological polar surface area (TPSA) is 35.2 Å². The van der Waals surface area contributed by atoms with Crippen molar-refractivity contribution in [3.05, 3.63) is 41.4 Å². The van der Waals surface area contributed by atoms with Crippen LogP contribution in [-0.4, -0.2) is 6.61 Å². The summed E-state index contributed by atoms with van der Waals surface area (Å²) in [6.07, 6.45) is 2.68. The Hall–Kier alpha value is -0.990. The fourth-order valence-electron chi connectivity index (χ4n) is 1.23. The van der Waals surface area contributed by atoms with E-state index in [-0.39, 0.29) is 6.04 Å². The van der Waals surface area contributed by atoms with Crippen LogP contribution in [-0.2, 0) is 0 Å². The molecule has 0 aliphatic rings. The predicted octanol–water partition coefficient (Wildman–Crippen LogP) is 3.23. The van der Waals surface area contributed by atoms with Crippen LogP contribution in [0.25, 0.3) is 0 Å². The average molecular weight is 226 g/mol. The summed E-state index contributed by atoms with van der Waals surface area (Å²) in [6.45, 7) is 2.56. The van der Waals surface area contributed by atoms with Gasteiger partial charge in [0.15, 0.2) is 0 Å². The van der Waals surface area contributed by atoms with Gasteiger partial charge in [0.1, 0.15) is 12.4 Å². The van der Waals surface area contributed by atoms with E-state index in [4.69, 9.17) is 22.1 Å². The maximum atomic E-state index is 5.90. The Morgan fingerprint density at radius 3 is 2.60 bits per heavy atom. The van der Waals surface area contributed by atoms with Crippen molar-refractivity contribution in [1.82, 2.24) is 0 Å². The first-order chi connectivity index (χ1) is 7.27. The lowest BCUT2D eigenvalue weighted by Gasteiger charge is -2.09. The van der Waals surface area contributed by atoms with Crippen molar-refractivity contribution in [2.45, 2.75) is 19.4 Å². The molecule has 15 heavy (non-hydrogen) atoms. The second kappa shape index (κ2) is 6.49. The summed E-state index contributed by atoms with van der Waals surface area (Å²) >= 11 is 5.38. The van der Waals surface area contributed by atoms with Gasteiger partial charge in [-0.05, 0) is 30.2 Å². The summed E-state index contributed by atoms with van der Waals surface area (Å²) in [5, 5.41) is 0. The molecule has 0 amide bonds. The van der Waals surface area contributed by atoms with Crippen molar-refractivity contribution in [1.29, 1.82) is 0 Å². The predicted molar refractivity (Wildman–Crippen MR) is 64.1 cm³/mol. The monoisotopic (exact) mass is 225 g/mol. The highest BCUT2D eigenvalue weighted by atomic mass is 35.5. The van der Waals surface area contributed by atoms with E-state index in [0.717, 1.165) is 17.7 Å². The van der Waals surface area contributed by atoms with Crippen molar-refractivity contribution >= 4 is 11.6 Å². The molecule has 82 valence electrons. The van der Waals surface area contributed by atoms with Gasteiger partial charge in [0.25, 0.3) is 0 Å². The Kier molecular flexibility index (Phi) is 5.22. The number of rotatable bonds is 5. The van der Waals surface area contributed by atoms with E-state index in [9.17, 15) is 0 Å². The molecule has 1 aromatic rings. The van der Waals surface area contributed by atoms with Crippen LogP contribution in [0.3, 0.4) is 0 Å². The first-order valence-corrected chi connectivity index (χ1v) is 5.45.